The number of aromatic nitrogens is 6. The number of hydrogen-bond donors (Lipinski definition) is 5. The Labute approximate surface area is 236 Å². The van der Waals surface area contributed by atoms with E-state index in [1.54, 1.807) is 0 Å². The van der Waals surface area contributed by atoms with E-state index in [-0.39, 0.29) is 40.3 Å². The van der Waals surface area contributed by atoms with Crippen LogP contribution in [0.3, 0.4) is 0 Å². The van der Waals surface area contributed by atoms with Gasteiger partial charge in [-0.25, -0.2) is 31.8 Å². The molecule has 0 unspecified atom stereocenters. The molecule has 234 valence electrons. The smallest absolute Gasteiger partial charge is 0.490 e. The van der Waals surface area contributed by atoms with Gasteiger partial charge >= 0.3 is 18.3 Å². The topological polar surface area (TPSA) is 250 Å². The number of aromatic amines is 2. The van der Waals surface area contributed by atoms with Crippen LogP contribution in [0.15, 0.2) is 34.1 Å². The van der Waals surface area contributed by atoms with Crippen molar-refractivity contribution in [3.05, 3.63) is 30.1 Å². The Morgan fingerprint density at radius 3 is 2.12 bits per heavy atom. The molecule has 2 heterocycles. The number of hydrogen-bond acceptors (Lipinski definition) is 11. The number of ether oxygens (including phenoxy) is 1. The van der Waals surface area contributed by atoms with E-state index in [4.69, 9.17) is 25.5 Å². The summed E-state index contributed by atoms with van der Waals surface area (Å²) in [6.45, 7) is -0.321. The zero-order valence-corrected chi connectivity index (χ0v) is 22.8. The molecule has 0 aliphatic carbocycles. The van der Waals surface area contributed by atoms with Crippen molar-refractivity contribution in [1.82, 2.24) is 30.6 Å². The first-order valence-electron chi connectivity index (χ1n) is 11.0. The number of carbonyl (C=O) groups is 1. The summed E-state index contributed by atoms with van der Waals surface area (Å²) in [5.41, 5.74) is 4.47. The van der Waals surface area contributed by atoms with Crippen LogP contribution >= 0.6 is 0 Å². The Balaban J connectivity index is 0.000000646. The number of carboxylic acids is 1. The Bertz CT molecular complexity index is 1870. The van der Waals surface area contributed by atoms with Crippen molar-refractivity contribution in [3.8, 4) is 28.3 Å². The normalized spacial score (nSPS) is 12.6. The van der Waals surface area contributed by atoms with Gasteiger partial charge < -0.3 is 20.6 Å². The van der Waals surface area contributed by atoms with E-state index in [2.05, 4.69) is 30.6 Å². The summed E-state index contributed by atoms with van der Waals surface area (Å²) in [5.74, 6) is -5.06. The SMILES string of the molecule is COc1ccc(-c2ccc(S(=O)(=O)CCN)c(S(N)(=O)=O)c2-c2nn[nH]n2)c2nc(C(F)(F)F)[nH]c12.O=C(O)C(F)(F)F. The van der Waals surface area contributed by atoms with Crippen LogP contribution in [-0.4, -0.2) is 84.1 Å². The third-order valence-corrected chi connectivity index (χ3v) is 8.23. The summed E-state index contributed by atoms with van der Waals surface area (Å²) < 4.78 is 128. The first kappa shape index (κ1) is 33.2. The molecule has 0 saturated carbocycles. The second-order valence-electron chi connectivity index (χ2n) is 8.13. The first-order chi connectivity index (χ1) is 19.7. The van der Waals surface area contributed by atoms with Gasteiger partial charge in [-0.15, -0.1) is 10.2 Å². The number of benzene rings is 2. The number of halogens is 6. The molecular formula is C20H18F6N8O7S2. The molecule has 0 atom stereocenters. The van der Waals surface area contributed by atoms with Crippen LogP contribution in [0.5, 0.6) is 5.75 Å². The molecule has 4 rings (SSSR count). The molecule has 7 N–H and O–H groups in total. The number of primary sulfonamides is 1. The second-order valence-corrected chi connectivity index (χ2v) is 11.7. The highest BCUT2D eigenvalue weighted by Gasteiger charge is 2.38. The number of nitrogens with two attached hydrogens (primary N) is 2. The Kier molecular flexibility index (Phi) is 9.05. The van der Waals surface area contributed by atoms with Crippen molar-refractivity contribution in [1.29, 1.82) is 0 Å². The van der Waals surface area contributed by atoms with E-state index in [0.29, 0.717) is 0 Å². The highest BCUT2D eigenvalue weighted by Crippen LogP contribution is 2.43. The summed E-state index contributed by atoms with van der Waals surface area (Å²) in [6, 6.07) is 4.80. The number of nitrogens with zero attached hydrogens (tertiary/aromatic N) is 4. The molecule has 0 amide bonds. The predicted octanol–water partition coefficient (Wildman–Crippen LogP) is 1.45. The highest BCUT2D eigenvalue weighted by atomic mass is 32.2. The molecule has 0 spiro atoms. The van der Waals surface area contributed by atoms with Gasteiger partial charge in [-0.3, -0.25) is 0 Å². The maximum atomic E-state index is 13.4. The highest BCUT2D eigenvalue weighted by molar-refractivity contribution is 7.93. The number of methoxy groups -OCH3 is 1. The van der Waals surface area contributed by atoms with Gasteiger partial charge in [-0.05, 0) is 29.0 Å². The number of sulfone groups is 1. The number of fused-ring (bicyclic) bond motifs is 1. The lowest BCUT2D eigenvalue weighted by atomic mass is 9.97. The summed E-state index contributed by atoms with van der Waals surface area (Å²) in [6.07, 6.45) is -9.93. The zero-order chi connectivity index (χ0) is 32.5. The van der Waals surface area contributed by atoms with Crippen LogP contribution in [0.4, 0.5) is 26.3 Å². The van der Waals surface area contributed by atoms with Crippen molar-refractivity contribution in [3.63, 3.8) is 0 Å². The quantitative estimate of drug-likeness (QED) is 0.177. The number of aliphatic carboxylic acids is 1. The largest absolute Gasteiger partial charge is 0.494 e. The lowest BCUT2D eigenvalue weighted by molar-refractivity contribution is -0.192. The van der Waals surface area contributed by atoms with Gasteiger partial charge in [-0.1, -0.05) is 6.07 Å². The van der Waals surface area contributed by atoms with Gasteiger partial charge in [0, 0.05) is 12.1 Å². The van der Waals surface area contributed by atoms with Crippen LogP contribution in [0, 0.1) is 0 Å². The molecular weight excluding hydrogens is 642 g/mol. The molecule has 0 fully saturated rings. The Morgan fingerprint density at radius 1 is 1.05 bits per heavy atom. The van der Waals surface area contributed by atoms with Crippen molar-refractivity contribution >= 4 is 36.9 Å². The number of tetrazole rings is 1. The number of alkyl halides is 6. The number of imidazole rings is 1. The molecule has 15 nitrogen and oxygen atoms in total. The van der Waals surface area contributed by atoms with Gasteiger partial charge in [0.2, 0.25) is 21.7 Å². The van der Waals surface area contributed by atoms with Crippen LogP contribution < -0.4 is 15.6 Å². The summed E-state index contributed by atoms with van der Waals surface area (Å²) in [7, 11) is -7.81. The lowest BCUT2D eigenvalue weighted by Crippen LogP contribution is -2.22. The fourth-order valence-electron chi connectivity index (χ4n) is 3.66. The van der Waals surface area contributed by atoms with Crippen LogP contribution in [0.2, 0.25) is 0 Å². The molecule has 43 heavy (non-hydrogen) atoms. The fraction of sp³-hybridized carbons (Fsp3) is 0.250. The lowest BCUT2D eigenvalue weighted by Gasteiger charge is -2.16. The van der Waals surface area contributed by atoms with E-state index >= 15 is 0 Å². The van der Waals surface area contributed by atoms with Crippen molar-refractivity contribution in [2.24, 2.45) is 10.9 Å². The summed E-state index contributed by atoms with van der Waals surface area (Å²) >= 11 is 0. The predicted molar refractivity (Wildman–Crippen MR) is 132 cm³/mol. The van der Waals surface area contributed by atoms with Gasteiger partial charge in [0.05, 0.1) is 23.3 Å². The average Bonchev–Trinajstić information content (AvgIpc) is 3.57. The van der Waals surface area contributed by atoms with Crippen LogP contribution in [-0.2, 0) is 30.8 Å². The summed E-state index contributed by atoms with van der Waals surface area (Å²) in [5, 5.41) is 25.6. The number of H-pyrrole nitrogens is 2. The standard InChI is InChI=1S/C18H17F3N8O5S2.C2HF3O2/c1-34-10-4-2-9(13-14(10)25-17(24-13)18(19,20)21)8-3-5-11(35(30,31)7-6-22)15(36(23,32)33)12(8)16-26-28-29-27-16;3-2(4,5)1(6)7/h2-5H,6-7,22H2,1H3,(H,24,25)(H2,23,32,33)(H,26,27,28,29);(H,6,7). The van der Waals surface area contributed by atoms with Crippen LogP contribution in [0.1, 0.15) is 5.82 Å². The number of carboxylic acid groups (broad SMARTS) is 1. The molecule has 0 bridgehead atoms. The summed E-state index contributed by atoms with van der Waals surface area (Å²) in [4.78, 5) is 13.1. The van der Waals surface area contributed by atoms with Crippen molar-refractivity contribution in [2.75, 3.05) is 19.4 Å². The van der Waals surface area contributed by atoms with Gasteiger partial charge in [0.25, 0.3) is 0 Å². The Hall–Kier alpha value is -4.35. The molecule has 0 saturated heterocycles. The van der Waals surface area contributed by atoms with Gasteiger partial charge in [0.15, 0.2) is 9.84 Å². The average molecular weight is 661 g/mol. The monoisotopic (exact) mass is 660 g/mol. The third kappa shape index (κ3) is 7.00. The van der Waals surface area contributed by atoms with Gasteiger partial charge in [-0.2, -0.15) is 31.6 Å². The van der Waals surface area contributed by atoms with Crippen molar-refractivity contribution in [2.45, 2.75) is 22.1 Å². The number of nitrogens with one attached hydrogen (secondary N) is 2. The molecule has 23 heteroatoms. The number of sulfonamides is 1. The molecule has 0 aliphatic heterocycles. The van der Waals surface area contributed by atoms with Crippen molar-refractivity contribution < 1.29 is 57.8 Å². The molecule has 2 aromatic heterocycles. The minimum atomic E-state index is -5.08. The third-order valence-electron chi connectivity index (χ3n) is 5.32. The minimum absolute atomic E-state index is 0.0201. The molecule has 4 aromatic rings. The maximum Gasteiger partial charge on any atom is 0.490 e. The van der Waals surface area contributed by atoms with E-state index in [1.807, 2.05) is 0 Å². The van der Waals surface area contributed by atoms with E-state index < -0.39 is 65.1 Å². The Morgan fingerprint density at radius 2 is 1.65 bits per heavy atom. The van der Waals surface area contributed by atoms with Crippen LogP contribution in [0.25, 0.3) is 33.5 Å². The minimum Gasteiger partial charge on any atom is -0.494 e. The number of rotatable bonds is 7. The van der Waals surface area contributed by atoms with E-state index in [9.17, 15) is 43.2 Å². The van der Waals surface area contributed by atoms with E-state index in [1.165, 1.54) is 25.3 Å². The molecule has 0 aliphatic rings. The second kappa shape index (κ2) is 11.7. The van der Waals surface area contributed by atoms with Gasteiger partial charge in [0.1, 0.15) is 21.7 Å². The molecule has 0 radical (unpaired) electrons. The first-order valence-corrected chi connectivity index (χ1v) is 14.2. The fourth-order valence-corrected chi connectivity index (χ4v) is 6.41. The zero-order valence-electron chi connectivity index (χ0n) is 21.1. The van der Waals surface area contributed by atoms with E-state index in [0.717, 1.165) is 6.07 Å². The molecule has 2 aromatic carbocycles. The maximum absolute atomic E-state index is 13.4.